The molecule has 0 spiro atoms. The lowest BCUT2D eigenvalue weighted by atomic mass is 10.2. The summed E-state index contributed by atoms with van der Waals surface area (Å²) < 4.78 is 26.3. The zero-order valence-electron chi connectivity index (χ0n) is 8.66. The Kier molecular flexibility index (Phi) is 3.97. The van der Waals surface area contributed by atoms with Gasteiger partial charge in [-0.1, -0.05) is 11.6 Å². The molecule has 17 heavy (non-hydrogen) atoms. The minimum absolute atomic E-state index is 0.292. The van der Waals surface area contributed by atoms with Gasteiger partial charge in [-0.3, -0.25) is 0 Å². The summed E-state index contributed by atoms with van der Waals surface area (Å²) in [7, 11) is 0. The number of benzene rings is 1. The molecule has 0 aliphatic carbocycles. The van der Waals surface area contributed by atoms with Crippen LogP contribution >= 0.6 is 23.4 Å². The molecule has 2 rings (SSSR count). The summed E-state index contributed by atoms with van der Waals surface area (Å²) in [6, 6.07) is 6.82. The fraction of sp³-hybridized carbons (Fsp3) is 0.0833. The van der Waals surface area contributed by atoms with Crippen molar-refractivity contribution in [2.75, 3.05) is 0 Å². The Bertz CT molecular complexity index is 534. The zero-order valence-corrected chi connectivity index (χ0v) is 10.2. The first-order valence-corrected chi connectivity index (χ1v) is 6.20. The van der Waals surface area contributed by atoms with Crippen LogP contribution in [-0.2, 0) is 5.75 Å². The molecule has 0 saturated heterocycles. The summed E-state index contributed by atoms with van der Waals surface area (Å²) >= 11 is 7.18. The second-order valence-electron chi connectivity index (χ2n) is 3.31. The van der Waals surface area contributed by atoms with Crippen molar-refractivity contribution in [1.29, 1.82) is 0 Å². The molecule has 0 amide bonds. The summed E-state index contributed by atoms with van der Waals surface area (Å²) in [5.41, 5.74) is 0.303. The van der Waals surface area contributed by atoms with Crippen LogP contribution in [0.15, 0.2) is 41.6 Å². The fourth-order valence-corrected chi connectivity index (χ4v) is 2.42. The third kappa shape index (κ3) is 3.17. The van der Waals surface area contributed by atoms with E-state index in [9.17, 15) is 8.78 Å². The maximum atomic E-state index is 13.3. The van der Waals surface area contributed by atoms with Gasteiger partial charge in [-0.05, 0) is 30.3 Å². The topological polar surface area (TPSA) is 12.9 Å². The van der Waals surface area contributed by atoms with Crippen LogP contribution in [0.3, 0.4) is 0 Å². The Morgan fingerprint density at radius 3 is 2.82 bits per heavy atom. The summed E-state index contributed by atoms with van der Waals surface area (Å²) in [5.74, 6) is -0.583. The van der Waals surface area contributed by atoms with E-state index in [0.717, 1.165) is 12.1 Å². The summed E-state index contributed by atoms with van der Waals surface area (Å²) in [4.78, 5) is 4.06. The van der Waals surface area contributed by atoms with Crippen molar-refractivity contribution in [3.05, 3.63) is 58.7 Å². The van der Waals surface area contributed by atoms with Crippen LogP contribution < -0.4 is 0 Å². The van der Waals surface area contributed by atoms with Gasteiger partial charge >= 0.3 is 0 Å². The molecule has 0 fully saturated rings. The lowest BCUT2D eigenvalue weighted by Gasteiger charge is -2.04. The Labute approximate surface area is 107 Å². The minimum atomic E-state index is -0.450. The highest BCUT2D eigenvalue weighted by Gasteiger charge is 2.07. The van der Waals surface area contributed by atoms with E-state index in [-0.39, 0.29) is 0 Å². The van der Waals surface area contributed by atoms with Crippen molar-refractivity contribution in [2.45, 2.75) is 10.8 Å². The van der Waals surface area contributed by atoms with Gasteiger partial charge in [0.25, 0.3) is 0 Å². The van der Waals surface area contributed by atoms with Crippen LogP contribution in [0.2, 0.25) is 5.02 Å². The Balaban J connectivity index is 2.12. The first-order chi connectivity index (χ1) is 8.16. The number of halogens is 3. The van der Waals surface area contributed by atoms with Crippen molar-refractivity contribution >= 4 is 23.4 Å². The summed E-state index contributed by atoms with van der Waals surface area (Å²) in [6.45, 7) is 0. The SMILES string of the molecule is Fc1ccc(F)c(CSc2ncccc2Cl)c1. The van der Waals surface area contributed by atoms with Crippen LogP contribution in [0.1, 0.15) is 5.56 Å². The molecule has 0 aliphatic rings. The number of nitrogens with zero attached hydrogens (tertiary/aromatic N) is 1. The predicted molar refractivity (Wildman–Crippen MR) is 65.2 cm³/mol. The summed E-state index contributed by atoms with van der Waals surface area (Å²) in [6.07, 6.45) is 1.61. The van der Waals surface area contributed by atoms with E-state index >= 15 is 0 Å². The molecule has 1 aromatic carbocycles. The van der Waals surface area contributed by atoms with Crippen molar-refractivity contribution in [3.63, 3.8) is 0 Å². The van der Waals surface area contributed by atoms with E-state index < -0.39 is 11.6 Å². The van der Waals surface area contributed by atoms with Gasteiger partial charge in [-0.25, -0.2) is 13.8 Å². The summed E-state index contributed by atoms with van der Waals surface area (Å²) in [5, 5.41) is 1.12. The largest absolute Gasteiger partial charge is 0.248 e. The molecule has 1 aromatic heterocycles. The first kappa shape index (κ1) is 12.3. The number of aromatic nitrogens is 1. The van der Waals surface area contributed by atoms with Crippen LogP contribution in [-0.4, -0.2) is 4.98 Å². The third-order valence-electron chi connectivity index (χ3n) is 2.10. The van der Waals surface area contributed by atoms with Gasteiger partial charge in [0.05, 0.1) is 5.02 Å². The highest BCUT2D eigenvalue weighted by atomic mass is 35.5. The van der Waals surface area contributed by atoms with E-state index in [1.807, 2.05) is 0 Å². The van der Waals surface area contributed by atoms with E-state index in [2.05, 4.69) is 4.98 Å². The molecular weight excluding hydrogens is 264 g/mol. The van der Waals surface area contributed by atoms with Crippen LogP contribution in [0.4, 0.5) is 8.78 Å². The number of hydrogen-bond acceptors (Lipinski definition) is 2. The van der Waals surface area contributed by atoms with E-state index in [4.69, 9.17) is 11.6 Å². The van der Waals surface area contributed by atoms with Gasteiger partial charge in [0.15, 0.2) is 0 Å². The molecule has 0 radical (unpaired) electrons. The molecule has 0 unspecified atom stereocenters. The van der Waals surface area contributed by atoms with Crippen molar-refractivity contribution in [1.82, 2.24) is 4.98 Å². The minimum Gasteiger partial charge on any atom is -0.248 e. The molecule has 0 N–H and O–H groups in total. The Morgan fingerprint density at radius 2 is 2.06 bits per heavy atom. The average molecular weight is 272 g/mol. The maximum absolute atomic E-state index is 13.3. The molecule has 0 aliphatic heterocycles. The maximum Gasteiger partial charge on any atom is 0.127 e. The zero-order chi connectivity index (χ0) is 12.3. The van der Waals surface area contributed by atoms with Gasteiger partial charge in [0.2, 0.25) is 0 Å². The number of thioether (sulfide) groups is 1. The van der Waals surface area contributed by atoms with E-state index in [1.165, 1.54) is 17.8 Å². The number of pyridine rings is 1. The number of rotatable bonds is 3. The molecule has 88 valence electrons. The number of hydrogen-bond donors (Lipinski definition) is 0. The molecule has 2 aromatic rings. The Morgan fingerprint density at radius 1 is 1.24 bits per heavy atom. The van der Waals surface area contributed by atoms with E-state index in [0.29, 0.717) is 21.4 Å². The lowest BCUT2D eigenvalue weighted by Crippen LogP contribution is -1.90. The highest BCUT2D eigenvalue weighted by Crippen LogP contribution is 2.28. The third-order valence-corrected chi connectivity index (χ3v) is 3.57. The fourth-order valence-electron chi connectivity index (χ4n) is 1.28. The van der Waals surface area contributed by atoms with Gasteiger partial charge in [-0.2, -0.15) is 0 Å². The van der Waals surface area contributed by atoms with Crippen molar-refractivity contribution < 1.29 is 8.78 Å². The molecular formula is C12H8ClF2NS. The molecule has 0 atom stereocenters. The molecule has 5 heteroatoms. The highest BCUT2D eigenvalue weighted by molar-refractivity contribution is 7.98. The molecule has 1 heterocycles. The standard InChI is InChI=1S/C12H8ClF2NS/c13-10-2-1-5-16-12(10)17-7-8-6-9(14)3-4-11(8)15/h1-6H,7H2. The van der Waals surface area contributed by atoms with Crippen LogP contribution in [0.25, 0.3) is 0 Å². The van der Waals surface area contributed by atoms with Gasteiger partial charge in [0, 0.05) is 17.5 Å². The van der Waals surface area contributed by atoms with Crippen molar-refractivity contribution in [3.8, 4) is 0 Å². The Hall–Kier alpha value is -1.13. The second kappa shape index (κ2) is 5.47. The first-order valence-electron chi connectivity index (χ1n) is 4.84. The normalized spacial score (nSPS) is 10.5. The van der Waals surface area contributed by atoms with Gasteiger partial charge in [-0.15, -0.1) is 11.8 Å². The van der Waals surface area contributed by atoms with Crippen LogP contribution in [0.5, 0.6) is 0 Å². The van der Waals surface area contributed by atoms with Gasteiger partial charge in [0.1, 0.15) is 16.7 Å². The second-order valence-corrected chi connectivity index (χ2v) is 4.69. The smallest absolute Gasteiger partial charge is 0.127 e. The van der Waals surface area contributed by atoms with Gasteiger partial charge < -0.3 is 0 Å². The molecule has 0 saturated carbocycles. The molecule has 0 bridgehead atoms. The van der Waals surface area contributed by atoms with E-state index in [1.54, 1.807) is 18.3 Å². The predicted octanol–water partition coefficient (Wildman–Crippen LogP) is 4.31. The molecule has 1 nitrogen and oxygen atoms in total. The lowest BCUT2D eigenvalue weighted by molar-refractivity contribution is 0.591. The van der Waals surface area contributed by atoms with Crippen LogP contribution in [0, 0.1) is 11.6 Å². The van der Waals surface area contributed by atoms with Crippen molar-refractivity contribution in [2.24, 2.45) is 0 Å². The quantitative estimate of drug-likeness (QED) is 0.772. The average Bonchev–Trinajstić information content (AvgIpc) is 2.32. The monoisotopic (exact) mass is 271 g/mol.